The molecule has 2 N–H and O–H groups in total. The van der Waals surface area contributed by atoms with Crippen molar-refractivity contribution >= 4 is 21.8 Å². The first kappa shape index (κ1) is 16.3. The highest BCUT2D eigenvalue weighted by atomic mass is 32.2. The van der Waals surface area contributed by atoms with Crippen LogP contribution in [0.15, 0.2) is 35.2 Å². The normalized spacial score (nSPS) is 22.3. The summed E-state index contributed by atoms with van der Waals surface area (Å²) in [6.45, 7) is 1.98. The molecule has 1 heterocycles. The minimum absolute atomic E-state index is 0.00340. The Kier molecular flexibility index (Phi) is 5.01. The third-order valence-electron chi connectivity index (χ3n) is 3.49. The molecule has 1 aromatic rings. The Bertz CT molecular complexity index is 732. The van der Waals surface area contributed by atoms with Gasteiger partial charge in [-0.25, -0.2) is 13.8 Å². The zero-order valence-electron chi connectivity index (χ0n) is 12.2. The average Bonchev–Trinajstić information content (AvgIpc) is 2.46. The molecule has 0 bridgehead atoms. The molecule has 22 heavy (non-hydrogen) atoms. The van der Waals surface area contributed by atoms with Gasteiger partial charge in [0.25, 0.3) is 0 Å². The SMILES string of the molecule is C#CCS(=O)(=O)c1cccc(/C=C/C2NNC(=O)CC2C)c1. The van der Waals surface area contributed by atoms with E-state index in [0.717, 1.165) is 5.56 Å². The van der Waals surface area contributed by atoms with Crippen LogP contribution < -0.4 is 10.9 Å². The monoisotopic (exact) mass is 318 g/mol. The Balaban J connectivity index is 2.16. The molecular weight excluding hydrogens is 300 g/mol. The smallest absolute Gasteiger partial charge is 0.234 e. The van der Waals surface area contributed by atoms with Crippen LogP contribution in [0, 0.1) is 18.3 Å². The number of carbonyl (C=O) groups is 1. The lowest BCUT2D eigenvalue weighted by atomic mass is 9.96. The molecule has 1 aromatic carbocycles. The minimum Gasteiger partial charge on any atom is -0.291 e. The van der Waals surface area contributed by atoms with Crippen LogP contribution in [-0.2, 0) is 14.6 Å². The fraction of sp³-hybridized carbons (Fsp3) is 0.312. The van der Waals surface area contributed by atoms with Gasteiger partial charge in [0.2, 0.25) is 5.91 Å². The van der Waals surface area contributed by atoms with E-state index in [0.29, 0.717) is 6.42 Å². The first-order chi connectivity index (χ1) is 10.4. The van der Waals surface area contributed by atoms with Gasteiger partial charge in [0, 0.05) is 12.5 Å². The van der Waals surface area contributed by atoms with E-state index in [1.807, 2.05) is 25.1 Å². The highest BCUT2D eigenvalue weighted by Crippen LogP contribution is 2.17. The van der Waals surface area contributed by atoms with Crippen LogP contribution in [-0.4, -0.2) is 26.1 Å². The van der Waals surface area contributed by atoms with Crippen molar-refractivity contribution in [3.8, 4) is 12.3 Å². The molecule has 0 aliphatic carbocycles. The van der Waals surface area contributed by atoms with Crippen LogP contribution in [0.1, 0.15) is 18.9 Å². The quantitative estimate of drug-likeness (QED) is 0.816. The number of amides is 1. The van der Waals surface area contributed by atoms with E-state index in [9.17, 15) is 13.2 Å². The molecule has 0 radical (unpaired) electrons. The molecule has 0 saturated carbocycles. The maximum atomic E-state index is 12.0. The highest BCUT2D eigenvalue weighted by Gasteiger charge is 2.22. The van der Waals surface area contributed by atoms with Gasteiger partial charge in [-0.05, 0) is 23.6 Å². The van der Waals surface area contributed by atoms with Crippen molar-refractivity contribution in [2.75, 3.05) is 5.75 Å². The van der Waals surface area contributed by atoms with Crippen molar-refractivity contribution in [3.05, 3.63) is 35.9 Å². The molecule has 1 saturated heterocycles. The number of hydrogen-bond donors (Lipinski definition) is 2. The van der Waals surface area contributed by atoms with Crippen molar-refractivity contribution in [2.24, 2.45) is 5.92 Å². The van der Waals surface area contributed by atoms with Crippen LogP contribution in [0.25, 0.3) is 6.08 Å². The van der Waals surface area contributed by atoms with E-state index in [4.69, 9.17) is 6.42 Å². The largest absolute Gasteiger partial charge is 0.291 e. The van der Waals surface area contributed by atoms with Gasteiger partial charge in [-0.15, -0.1) is 6.42 Å². The standard InChI is InChI=1S/C16H18N2O3S/c1-3-9-22(20,21)14-6-4-5-13(11-14)7-8-15-12(2)10-16(19)18-17-15/h1,4-8,11-12,15,17H,9-10H2,2H3,(H,18,19)/b8-7+. The Labute approximate surface area is 130 Å². The van der Waals surface area contributed by atoms with Gasteiger partial charge in [-0.3, -0.25) is 10.2 Å². The van der Waals surface area contributed by atoms with Crippen molar-refractivity contribution in [3.63, 3.8) is 0 Å². The molecule has 2 rings (SSSR count). The summed E-state index contributed by atoms with van der Waals surface area (Å²) in [6, 6.07) is 6.63. The number of sulfone groups is 1. The third-order valence-corrected chi connectivity index (χ3v) is 5.00. The zero-order chi connectivity index (χ0) is 16.2. The van der Waals surface area contributed by atoms with Crippen LogP contribution in [0.3, 0.4) is 0 Å². The van der Waals surface area contributed by atoms with Gasteiger partial charge in [0.15, 0.2) is 9.84 Å². The van der Waals surface area contributed by atoms with Crippen molar-refractivity contribution < 1.29 is 13.2 Å². The second-order valence-corrected chi connectivity index (χ2v) is 7.28. The third kappa shape index (κ3) is 3.97. The molecule has 1 aliphatic heterocycles. The summed E-state index contributed by atoms with van der Waals surface area (Å²) < 4.78 is 23.9. The first-order valence-corrected chi connectivity index (χ1v) is 8.56. The molecule has 1 fully saturated rings. The number of rotatable bonds is 4. The summed E-state index contributed by atoms with van der Waals surface area (Å²) in [5.74, 6) is 1.99. The van der Waals surface area contributed by atoms with Crippen molar-refractivity contribution in [1.82, 2.24) is 10.9 Å². The second-order valence-electron chi connectivity index (χ2n) is 5.29. The van der Waals surface area contributed by atoms with E-state index in [-0.39, 0.29) is 28.5 Å². The lowest BCUT2D eigenvalue weighted by Crippen LogP contribution is -2.52. The molecule has 0 aromatic heterocycles. The maximum absolute atomic E-state index is 12.0. The predicted molar refractivity (Wildman–Crippen MR) is 85.2 cm³/mol. The van der Waals surface area contributed by atoms with Gasteiger partial charge in [0.05, 0.1) is 4.90 Å². The van der Waals surface area contributed by atoms with E-state index < -0.39 is 9.84 Å². The Morgan fingerprint density at radius 3 is 2.91 bits per heavy atom. The summed E-state index contributed by atoms with van der Waals surface area (Å²) in [5, 5.41) is 0. The predicted octanol–water partition coefficient (Wildman–Crippen LogP) is 1.14. The maximum Gasteiger partial charge on any atom is 0.234 e. The number of carbonyl (C=O) groups excluding carboxylic acids is 1. The molecule has 116 valence electrons. The molecule has 2 atom stereocenters. The lowest BCUT2D eigenvalue weighted by molar-refractivity contribution is -0.125. The summed E-state index contributed by atoms with van der Waals surface area (Å²) in [5.41, 5.74) is 6.28. The molecule has 6 heteroatoms. The van der Waals surface area contributed by atoms with Crippen LogP contribution in [0.5, 0.6) is 0 Å². The highest BCUT2D eigenvalue weighted by molar-refractivity contribution is 7.91. The van der Waals surface area contributed by atoms with E-state index in [2.05, 4.69) is 16.8 Å². The van der Waals surface area contributed by atoms with Crippen LogP contribution >= 0.6 is 0 Å². The summed E-state index contributed by atoms with van der Waals surface area (Å²) >= 11 is 0. The fourth-order valence-corrected chi connectivity index (χ4v) is 3.22. The van der Waals surface area contributed by atoms with Gasteiger partial charge in [-0.1, -0.05) is 37.1 Å². The zero-order valence-corrected chi connectivity index (χ0v) is 13.1. The number of benzene rings is 1. The lowest BCUT2D eigenvalue weighted by Gasteiger charge is -2.27. The topological polar surface area (TPSA) is 75.3 Å². The first-order valence-electron chi connectivity index (χ1n) is 6.91. The average molecular weight is 318 g/mol. The summed E-state index contributed by atoms with van der Waals surface area (Å²) in [7, 11) is -3.44. The number of hydrazine groups is 1. The van der Waals surface area contributed by atoms with Gasteiger partial charge < -0.3 is 0 Å². The van der Waals surface area contributed by atoms with Crippen molar-refractivity contribution in [2.45, 2.75) is 24.3 Å². The second kappa shape index (κ2) is 6.77. The van der Waals surface area contributed by atoms with Crippen LogP contribution in [0.2, 0.25) is 0 Å². The van der Waals surface area contributed by atoms with Crippen molar-refractivity contribution in [1.29, 1.82) is 0 Å². The Morgan fingerprint density at radius 2 is 2.23 bits per heavy atom. The molecule has 0 spiro atoms. The summed E-state index contributed by atoms with van der Waals surface area (Å²) in [6.07, 6.45) is 9.29. The molecule has 5 nitrogen and oxygen atoms in total. The fourth-order valence-electron chi connectivity index (χ4n) is 2.23. The minimum atomic E-state index is -3.44. The van der Waals surface area contributed by atoms with E-state index >= 15 is 0 Å². The number of terminal acetylenes is 1. The van der Waals surface area contributed by atoms with Crippen LogP contribution in [0.4, 0.5) is 0 Å². The molecule has 1 amide bonds. The molecular formula is C16H18N2O3S. The molecule has 1 aliphatic rings. The van der Waals surface area contributed by atoms with Gasteiger partial charge in [-0.2, -0.15) is 0 Å². The van der Waals surface area contributed by atoms with Gasteiger partial charge >= 0.3 is 0 Å². The Hall–Kier alpha value is -2.10. The summed E-state index contributed by atoms with van der Waals surface area (Å²) in [4.78, 5) is 11.4. The van der Waals surface area contributed by atoms with E-state index in [1.165, 1.54) is 6.07 Å². The van der Waals surface area contributed by atoms with Gasteiger partial charge in [0.1, 0.15) is 5.75 Å². The van der Waals surface area contributed by atoms with E-state index in [1.54, 1.807) is 12.1 Å². The number of hydrogen-bond acceptors (Lipinski definition) is 4. The Morgan fingerprint density at radius 1 is 1.45 bits per heavy atom. The molecule has 2 unspecified atom stereocenters. The number of nitrogens with one attached hydrogen (secondary N) is 2.